The number of hydrogen-bond acceptors (Lipinski definition) is 3. The monoisotopic (exact) mass is 194 g/mol. The highest BCUT2D eigenvalue weighted by atomic mass is 16.3. The zero-order chi connectivity index (χ0) is 10.6. The zero-order valence-electron chi connectivity index (χ0n) is 8.83. The number of aliphatic hydroxyl groups is 1. The summed E-state index contributed by atoms with van der Waals surface area (Å²) in [5.74, 6) is 0. The Kier molecular flexibility index (Phi) is 3.89. The average Bonchev–Trinajstić information content (AvgIpc) is 2.15. The fraction of sp³-hybridized carbons (Fsp3) is 0.545. The van der Waals surface area contributed by atoms with E-state index in [-0.39, 0.29) is 6.10 Å². The minimum absolute atomic E-state index is 0.290. The van der Waals surface area contributed by atoms with E-state index < -0.39 is 0 Å². The first-order valence-corrected chi connectivity index (χ1v) is 5.04. The van der Waals surface area contributed by atoms with E-state index in [2.05, 4.69) is 11.9 Å². The number of aryl methyl sites for hydroxylation is 2. The third kappa shape index (κ3) is 3.00. The van der Waals surface area contributed by atoms with Crippen molar-refractivity contribution in [3.8, 4) is 0 Å². The lowest BCUT2D eigenvalue weighted by molar-refractivity contribution is 0.184. The summed E-state index contributed by atoms with van der Waals surface area (Å²) >= 11 is 0. The molecule has 0 radical (unpaired) electrons. The lowest BCUT2D eigenvalue weighted by Gasteiger charge is -2.07. The van der Waals surface area contributed by atoms with Crippen molar-refractivity contribution in [1.82, 2.24) is 4.98 Å². The van der Waals surface area contributed by atoms with Gasteiger partial charge < -0.3 is 10.8 Å². The molecule has 3 heteroatoms. The van der Waals surface area contributed by atoms with Crippen molar-refractivity contribution in [3.63, 3.8) is 0 Å². The van der Waals surface area contributed by atoms with Crippen LogP contribution in [0.4, 0.5) is 5.69 Å². The van der Waals surface area contributed by atoms with E-state index in [1.807, 2.05) is 12.3 Å². The second kappa shape index (κ2) is 4.96. The molecular weight excluding hydrogens is 176 g/mol. The fourth-order valence-corrected chi connectivity index (χ4v) is 1.30. The van der Waals surface area contributed by atoms with Crippen LogP contribution < -0.4 is 5.73 Å². The molecule has 0 bridgehead atoms. The average molecular weight is 194 g/mol. The quantitative estimate of drug-likeness (QED) is 0.764. The highest BCUT2D eigenvalue weighted by molar-refractivity contribution is 5.44. The van der Waals surface area contributed by atoms with Gasteiger partial charge >= 0.3 is 0 Å². The van der Waals surface area contributed by atoms with Gasteiger partial charge in [-0.1, -0.05) is 6.92 Å². The van der Waals surface area contributed by atoms with Gasteiger partial charge in [-0.15, -0.1) is 0 Å². The number of rotatable bonds is 4. The van der Waals surface area contributed by atoms with Crippen LogP contribution in [0.15, 0.2) is 12.3 Å². The SMILES string of the molecule is CCc1cnc(CCC(C)O)c(N)c1. The molecule has 0 aliphatic rings. The van der Waals surface area contributed by atoms with Crippen LogP contribution in [0.5, 0.6) is 0 Å². The van der Waals surface area contributed by atoms with Gasteiger partial charge in [-0.05, 0) is 37.8 Å². The van der Waals surface area contributed by atoms with Crippen molar-refractivity contribution in [2.75, 3.05) is 5.73 Å². The predicted molar refractivity (Wildman–Crippen MR) is 58.0 cm³/mol. The Labute approximate surface area is 85.0 Å². The molecule has 1 unspecified atom stereocenters. The van der Waals surface area contributed by atoms with Gasteiger partial charge in [0.25, 0.3) is 0 Å². The van der Waals surface area contributed by atoms with Crippen LogP contribution in [0, 0.1) is 0 Å². The Balaban J connectivity index is 2.69. The molecule has 1 rings (SSSR count). The first kappa shape index (κ1) is 11.0. The molecule has 0 saturated heterocycles. The molecule has 0 aliphatic carbocycles. The van der Waals surface area contributed by atoms with Gasteiger partial charge in [0, 0.05) is 6.20 Å². The van der Waals surface area contributed by atoms with E-state index in [9.17, 15) is 0 Å². The van der Waals surface area contributed by atoms with Crippen LogP contribution in [-0.4, -0.2) is 16.2 Å². The molecule has 1 heterocycles. The molecule has 0 spiro atoms. The maximum absolute atomic E-state index is 9.14. The lowest BCUT2D eigenvalue weighted by Crippen LogP contribution is -2.05. The summed E-state index contributed by atoms with van der Waals surface area (Å²) in [6, 6.07) is 1.96. The third-order valence-corrected chi connectivity index (χ3v) is 2.27. The highest BCUT2D eigenvalue weighted by Crippen LogP contribution is 2.14. The Morgan fingerprint density at radius 3 is 2.79 bits per heavy atom. The number of aromatic nitrogens is 1. The van der Waals surface area contributed by atoms with Gasteiger partial charge in [-0.3, -0.25) is 4.98 Å². The second-order valence-corrected chi connectivity index (χ2v) is 3.62. The van der Waals surface area contributed by atoms with Crippen molar-refractivity contribution in [1.29, 1.82) is 0 Å². The van der Waals surface area contributed by atoms with E-state index in [4.69, 9.17) is 10.8 Å². The number of nitrogen functional groups attached to an aromatic ring is 1. The minimum Gasteiger partial charge on any atom is -0.397 e. The molecule has 0 amide bonds. The van der Waals surface area contributed by atoms with E-state index in [0.29, 0.717) is 6.42 Å². The second-order valence-electron chi connectivity index (χ2n) is 3.62. The molecule has 0 fully saturated rings. The topological polar surface area (TPSA) is 59.1 Å². The Morgan fingerprint density at radius 2 is 2.29 bits per heavy atom. The van der Waals surface area contributed by atoms with E-state index >= 15 is 0 Å². The Morgan fingerprint density at radius 1 is 1.57 bits per heavy atom. The third-order valence-electron chi connectivity index (χ3n) is 2.27. The number of hydrogen-bond donors (Lipinski definition) is 2. The number of anilines is 1. The van der Waals surface area contributed by atoms with E-state index in [1.54, 1.807) is 6.92 Å². The number of aliphatic hydroxyl groups excluding tert-OH is 1. The maximum atomic E-state index is 9.14. The van der Waals surface area contributed by atoms with Gasteiger partial charge in [0.05, 0.1) is 17.5 Å². The standard InChI is InChI=1S/C11H18N2O/c1-3-9-6-10(12)11(13-7-9)5-4-8(2)14/h6-8,14H,3-5,12H2,1-2H3. The Hall–Kier alpha value is -1.09. The van der Waals surface area contributed by atoms with Crippen molar-refractivity contribution < 1.29 is 5.11 Å². The van der Waals surface area contributed by atoms with Crippen molar-refractivity contribution in [2.24, 2.45) is 0 Å². The molecule has 3 N–H and O–H groups in total. The summed E-state index contributed by atoms with van der Waals surface area (Å²) in [5, 5.41) is 9.14. The lowest BCUT2D eigenvalue weighted by atomic mass is 10.1. The predicted octanol–water partition coefficient (Wildman–Crippen LogP) is 1.54. The fourth-order valence-electron chi connectivity index (χ4n) is 1.30. The minimum atomic E-state index is -0.290. The van der Waals surface area contributed by atoms with Crippen molar-refractivity contribution in [2.45, 2.75) is 39.2 Å². The largest absolute Gasteiger partial charge is 0.397 e. The highest BCUT2D eigenvalue weighted by Gasteiger charge is 2.03. The summed E-state index contributed by atoms with van der Waals surface area (Å²) in [6.45, 7) is 3.85. The molecule has 0 saturated carbocycles. The zero-order valence-corrected chi connectivity index (χ0v) is 8.83. The van der Waals surface area contributed by atoms with Crippen molar-refractivity contribution >= 4 is 5.69 Å². The Bertz CT molecular complexity index is 297. The molecule has 3 nitrogen and oxygen atoms in total. The molecule has 1 aromatic heterocycles. The summed E-state index contributed by atoms with van der Waals surface area (Å²) in [7, 11) is 0. The number of nitrogens with two attached hydrogens (primary N) is 1. The van der Waals surface area contributed by atoms with Crippen LogP contribution in [0.25, 0.3) is 0 Å². The van der Waals surface area contributed by atoms with Gasteiger partial charge in [0.1, 0.15) is 0 Å². The summed E-state index contributed by atoms with van der Waals surface area (Å²) in [4.78, 5) is 4.28. The van der Waals surface area contributed by atoms with Crippen LogP contribution in [0.1, 0.15) is 31.5 Å². The smallest absolute Gasteiger partial charge is 0.0633 e. The molecule has 78 valence electrons. The molecule has 1 atom stereocenters. The van der Waals surface area contributed by atoms with Crippen LogP contribution in [-0.2, 0) is 12.8 Å². The molecule has 0 aliphatic heterocycles. The van der Waals surface area contributed by atoms with Crippen LogP contribution in [0.2, 0.25) is 0 Å². The van der Waals surface area contributed by atoms with E-state index in [0.717, 1.165) is 29.8 Å². The first-order valence-electron chi connectivity index (χ1n) is 5.04. The molecule has 1 aromatic rings. The summed E-state index contributed by atoms with van der Waals surface area (Å²) in [6.07, 6.45) is 3.97. The van der Waals surface area contributed by atoms with E-state index in [1.165, 1.54) is 0 Å². The van der Waals surface area contributed by atoms with Crippen molar-refractivity contribution in [3.05, 3.63) is 23.5 Å². The number of nitrogens with zero attached hydrogens (tertiary/aromatic N) is 1. The van der Waals surface area contributed by atoms with Crippen LogP contribution in [0.3, 0.4) is 0 Å². The normalized spacial score (nSPS) is 12.8. The molecule has 0 aromatic carbocycles. The van der Waals surface area contributed by atoms with Gasteiger partial charge in [0.2, 0.25) is 0 Å². The number of pyridine rings is 1. The van der Waals surface area contributed by atoms with Gasteiger partial charge in [-0.25, -0.2) is 0 Å². The summed E-state index contributed by atoms with van der Waals surface area (Å²) < 4.78 is 0. The van der Waals surface area contributed by atoms with Gasteiger partial charge in [0.15, 0.2) is 0 Å². The molecule has 14 heavy (non-hydrogen) atoms. The summed E-state index contributed by atoms with van der Waals surface area (Å²) in [5.41, 5.74) is 8.63. The van der Waals surface area contributed by atoms with Crippen LogP contribution >= 0.6 is 0 Å². The maximum Gasteiger partial charge on any atom is 0.0633 e. The molecular formula is C11H18N2O. The van der Waals surface area contributed by atoms with Gasteiger partial charge in [-0.2, -0.15) is 0 Å². The first-order chi connectivity index (χ1) is 6.63.